The van der Waals surface area contributed by atoms with E-state index in [4.69, 9.17) is 4.74 Å². The SMILES string of the molecule is CCC(=O)OC(CC)n1nnc(-c2c(CC)cnn2C)n1. The molecule has 0 bridgehead atoms. The van der Waals surface area contributed by atoms with E-state index in [2.05, 4.69) is 20.5 Å². The van der Waals surface area contributed by atoms with Crippen LogP contribution in [0.2, 0.25) is 0 Å². The van der Waals surface area contributed by atoms with Crippen molar-refractivity contribution in [2.75, 3.05) is 0 Å². The van der Waals surface area contributed by atoms with Crippen LogP contribution in [0.1, 0.15) is 45.4 Å². The Labute approximate surface area is 123 Å². The topological polar surface area (TPSA) is 87.7 Å². The Kier molecular flexibility index (Phi) is 4.66. The van der Waals surface area contributed by atoms with Crippen LogP contribution in [0.25, 0.3) is 11.5 Å². The fourth-order valence-corrected chi connectivity index (χ4v) is 2.00. The lowest BCUT2D eigenvalue weighted by molar-refractivity contribution is -0.155. The van der Waals surface area contributed by atoms with Gasteiger partial charge in [-0.05, 0) is 11.6 Å². The van der Waals surface area contributed by atoms with Crippen LogP contribution in [-0.4, -0.2) is 36.0 Å². The van der Waals surface area contributed by atoms with Crippen molar-refractivity contribution in [1.82, 2.24) is 30.0 Å². The Morgan fingerprint density at radius 1 is 1.38 bits per heavy atom. The van der Waals surface area contributed by atoms with Crippen LogP contribution in [0.4, 0.5) is 0 Å². The average molecular weight is 292 g/mol. The molecule has 2 aromatic rings. The summed E-state index contributed by atoms with van der Waals surface area (Å²) in [5, 5.41) is 16.6. The number of ether oxygens (including phenoxy) is 1. The van der Waals surface area contributed by atoms with E-state index in [1.54, 1.807) is 17.8 Å². The number of aryl methyl sites for hydroxylation is 2. The Morgan fingerprint density at radius 2 is 2.14 bits per heavy atom. The van der Waals surface area contributed by atoms with Gasteiger partial charge in [0.15, 0.2) is 0 Å². The largest absolute Gasteiger partial charge is 0.438 e. The lowest BCUT2D eigenvalue weighted by Gasteiger charge is -2.13. The first kappa shape index (κ1) is 15.1. The molecule has 0 fully saturated rings. The van der Waals surface area contributed by atoms with Gasteiger partial charge >= 0.3 is 5.97 Å². The molecule has 2 rings (SSSR count). The molecule has 0 saturated carbocycles. The molecule has 0 aliphatic rings. The molecule has 8 heteroatoms. The van der Waals surface area contributed by atoms with E-state index in [9.17, 15) is 4.79 Å². The first-order valence-electron chi connectivity index (χ1n) is 7.10. The Bertz CT molecular complexity index is 618. The van der Waals surface area contributed by atoms with Crippen LogP contribution in [0.3, 0.4) is 0 Å². The number of carbonyl (C=O) groups is 1. The Balaban J connectivity index is 2.28. The number of aromatic nitrogens is 6. The fraction of sp³-hybridized carbons (Fsp3) is 0.615. The third kappa shape index (κ3) is 3.09. The van der Waals surface area contributed by atoms with E-state index < -0.39 is 6.23 Å². The minimum absolute atomic E-state index is 0.282. The van der Waals surface area contributed by atoms with Crippen LogP contribution >= 0.6 is 0 Å². The van der Waals surface area contributed by atoms with Gasteiger partial charge in [-0.3, -0.25) is 9.48 Å². The summed E-state index contributed by atoms with van der Waals surface area (Å²) in [6.07, 6.45) is 2.99. The van der Waals surface area contributed by atoms with E-state index >= 15 is 0 Å². The van der Waals surface area contributed by atoms with Crippen LogP contribution in [-0.2, 0) is 23.0 Å². The summed E-state index contributed by atoms with van der Waals surface area (Å²) >= 11 is 0. The summed E-state index contributed by atoms with van der Waals surface area (Å²) in [6, 6.07) is 0. The fourth-order valence-electron chi connectivity index (χ4n) is 2.00. The van der Waals surface area contributed by atoms with Gasteiger partial charge in [-0.1, -0.05) is 20.8 Å². The number of rotatable bonds is 6. The third-order valence-electron chi connectivity index (χ3n) is 3.20. The third-order valence-corrected chi connectivity index (χ3v) is 3.20. The van der Waals surface area contributed by atoms with Crippen molar-refractivity contribution in [3.8, 4) is 11.5 Å². The van der Waals surface area contributed by atoms with Crippen LogP contribution < -0.4 is 0 Å². The molecule has 0 aliphatic carbocycles. The number of nitrogens with zero attached hydrogens (tertiary/aromatic N) is 6. The van der Waals surface area contributed by atoms with E-state index in [1.165, 1.54) is 4.80 Å². The van der Waals surface area contributed by atoms with Crippen molar-refractivity contribution in [3.05, 3.63) is 11.8 Å². The van der Waals surface area contributed by atoms with E-state index in [0.29, 0.717) is 18.7 Å². The second-order valence-corrected chi connectivity index (χ2v) is 4.64. The second-order valence-electron chi connectivity index (χ2n) is 4.64. The standard InChI is InChI=1S/C13H20N6O2/c1-5-9-8-14-18(4)12(9)13-15-17-19(16-13)10(6-2)21-11(20)7-3/h8,10H,5-7H2,1-4H3. The molecular weight excluding hydrogens is 272 g/mol. The molecule has 8 nitrogen and oxygen atoms in total. The Hall–Kier alpha value is -2.25. The zero-order valence-corrected chi connectivity index (χ0v) is 12.8. The first-order valence-corrected chi connectivity index (χ1v) is 7.10. The zero-order chi connectivity index (χ0) is 15.4. The van der Waals surface area contributed by atoms with Crippen LogP contribution in [0.5, 0.6) is 0 Å². The predicted octanol–water partition coefficient (Wildman–Crippen LogP) is 1.50. The van der Waals surface area contributed by atoms with Gasteiger partial charge in [0.05, 0.1) is 6.20 Å². The van der Waals surface area contributed by atoms with Gasteiger partial charge in [-0.15, -0.1) is 15.0 Å². The molecule has 0 saturated heterocycles. The number of hydrogen-bond donors (Lipinski definition) is 0. The monoisotopic (exact) mass is 292 g/mol. The molecule has 0 N–H and O–H groups in total. The number of carbonyl (C=O) groups excluding carboxylic acids is 1. The van der Waals surface area contributed by atoms with Gasteiger partial charge in [-0.2, -0.15) is 5.10 Å². The summed E-state index contributed by atoms with van der Waals surface area (Å²) in [5.41, 5.74) is 1.89. The minimum atomic E-state index is -0.531. The number of tetrazole rings is 1. The van der Waals surface area contributed by atoms with Crippen molar-refractivity contribution < 1.29 is 9.53 Å². The normalized spacial score (nSPS) is 12.4. The number of esters is 1. The summed E-state index contributed by atoms with van der Waals surface area (Å²) in [5.74, 6) is 0.202. The minimum Gasteiger partial charge on any atom is -0.438 e. The van der Waals surface area contributed by atoms with Gasteiger partial charge < -0.3 is 4.74 Å². The van der Waals surface area contributed by atoms with Crippen molar-refractivity contribution in [2.24, 2.45) is 7.05 Å². The first-order chi connectivity index (χ1) is 10.1. The lowest BCUT2D eigenvalue weighted by atomic mass is 10.2. The van der Waals surface area contributed by atoms with Crippen molar-refractivity contribution >= 4 is 5.97 Å². The van der Waals surface area contributed by atoms with E-state index in [0.717, 1.165) is 17.7 Å². The maximum Gasteiger partial charge on any atom is 0.307 e. The molecule has 1 unspecified atom stereocenters. The van der Waals surface area contributed by atoms with Crippen molar-refractivity contribution in [1.29, 1.82) is 0 Å². The van der Waals surface area contributed by atoms with Gasteiger partial charge in [0.2, 0.25) is 12.1 Å². The zero-order valence-electron chi connectivity index (χ0n) is 12.8. The highest BCUT2D eigenvalue weighted by atomic mass is 16.6. The van der Waals surface area contributed by atoms with Crippen LogP contribution in [0.15, 0.2) is 6.20 Å². The molecule has 114 valence electrons. The van der Waals surface area contributed by atoms with Gasteiger partial charge in [0.25, 0.3) is 0 Å². The molecule has 0 radical (unpaired) electrons. The summed E-state index contributed by atoms with van der Waals surface area (Å²) in [7, 11) is 1.84. The van der Waals surface area contributed by atoms with E-state index in [-0.39, 0.29) is 5.97 Å². The second kappa shape index (κ2) is 6.47. The summed E-state index contributed by atoms with van der Waals surface area (Å²) in [6.45, 7) is 5.69. The van der Waals surface area contributed by atoms with Crippen LogP contribution in [0, 0.1) is 0 Å². The molecule has 2 heterocycles. The molecule has 2 aromatic heterocycles. The molecule has 0 spiro atoms. The maximum absolute atomic E-state index is 11.4. The molecule has 0 aliphatic heterocycles. The highest BCUT2D eigenvalue weighted by Crippen LogP contribution is 2.20. The molecule has 21 heavy (non-hydrogen) atoms. The van der Waals surface area contributed by atoms with E-state index in [1.807, 2.05) is 20.9 Å². The summed E-state index contributed by atoms with van der Waals surface area (Å²) < 4.78 is 7.01. The molecular formula is C13H20N6O2. The highest BCUT2D eigenvalue weighted by Gasteiger charge is 2.20. The lowest BCUT2D eigenvalue weighted by Crippen LogP contribution is -2.18. The van der Waals surface area contributed by atoms with Crippen molar-refractivity contribution in [3.63, 3.8) is 0 Å². The average Bonchev–Trinajstić information content (AvgIpc) is 3.10. The number of hydrogen-bond acceptors (Lipinski definition) is 6. The molecule has 1 atom stereocenters. The summed E-state index contributed by atoms with van der Waals surface area (Å²) in [4.78, 5) is 12.8. The van der Waals surface area contributed by atoms with Gasteiger partial charge in [0, 0.05) is 25.5 Å². The molecule has 0 amide bonds. The highest BCUT2D eigenvalue weighted by molar-refractivity contribution is 5.68. The smallest absolute Gasteiger partial charge is 0.307 e. The quantitative estimate of drug-likeness (QED) is 0.750. The predicted molar refractivity (Wildman–Crippen MR) is 75.1 cm³/mol. The van der Waals surface area contributed by atoms with Crippen molar-refractivity contribution in [2.45, 2.75) is 46.3 Å². The Morgan fingerprint density at radius 3 is 2.76 bits per heavy atom. The maximum atomic E-state index is 11.4. The van der Waals surface area contributed by atoms with Gasteiger partial charge in [0.1, 0.15) is 5.69 Å². The van der Waals surface area contributed by atoms with Gasteiger partial charge in [-0.25, -0.2) is 0 Å². The molecule has 0 aromatic carbocycles.